The summed E-state index contributed by atoms with van der Waals surface area (Å²) in [5, 5.41) is 12.1. The van der Waals surface area contributed by atoms with Crippen molar-refractivity contribution in [3.8, 4) is 0 Å². The molecule has 104 valence electrons. The average Bonchev–Trinajstić information content (AvgIpc) is 2.39. The molecule has 3 nitrogen and oxygen atoms in total. The van der Waals surface area contributed by atoms with E-state index in [9.17, 15) is 4.79 Å². The van der Waals surface area contributed by atoms with Gasteiger partial charge in [0.25, 0.3) is 0 Å². The normalized spacial score (nSPS) is 10.3. The number of benzene rings is 2. The van der Waals surface area contributed by atoms with Crippen molar-refractivity contribution in [2.24, 2.45) is 0 Å². The number of rotatable bonds is 5. The van der Waals surface area contributed by atoms with E-state index < -0.39 is 5.97 Å². The smallest absolute Gasteiger partial charge is 0.307 e. The van der Waals surface area contributed by atoms with E-state index in [1.54, 1.807) is 0 Å². The van der Waals surface area contributed by atoms with Crippen LogP contribution in [0.25, 0.3) is 0 Å². The molecular formula is C16H16BrNO2. The van der Waals surface area contributed by atoms with Crippen molar-refractivity contribution in [3.63, 3.8) is 0 Å². The second kappa shape index (κ2) is 6.57. The molecule has 20 heavy (non-hydrogen) atoms. The lowest BCUT2D eigenvalue weighted by molar-refractivity contribution is -0.136. The van der Waals surface area contributed by atoms with Crippen LogP contribution in [-0.4, -0.2) is 11.1 Å². The van der Waals surface area contributed by atoms with Crippen molar-refractivity contribution in [2.45, 2.75) is 19.9 Å². The topological polar surface area (TPSA) is 49.3 Å². The van der Waals surface area contributed by atoms with E-state index in [0.717, 1.165) is 27.8 Å². The summed E-state index contributed by atoms with van der Waals surface area (Å²) in [4.78, 5) is 10.6. The Balaban J connectivity index is 1.98. The molecule has 0 aliphatic carbocycles. The monoisotopic (exact) mass is 333 g/mol. The van der Waals surface area contributed by atoms with Gasteiger partial charge < -0.3 is 10.4 Å². The summed E-state index contributed by atoms with van der Waals surface area (Å²) >= 11 is 3.44. The van der Waals surface area contributed by atoms with Crippen LogP contribution >= 0.6 is 15.9 Å². The average molecular weight is 334 g/mol. The van der Waals surface area contributed by atoms with Crippen molar-refractivity contribution >= 4 is 27.6 Å². The van der Waals surface area contributed by atoms with Crippen LogP contribution in [0.15, 0.2) is 46.9 Å². The Morgan fingerprint density at radius 3 is 2.40 bits per heavy atom. The maximum absolute atomic E-state index is 10.6. The summed E-state index contributed by atoms with van der Waals surface area (Å²) in [6, 6.07) is 13.7. The third-order valence-electron chi connectivity index (χ3n) is 3.05. The van der Waals surface area contributed by atoms with E-state index in [1.807, 2.05) is 36.4 Å². The first-order valence-electron chi connectivity index (χ1n) is 6.34. The summed E-state index contributed by atoms with van der Waals surface area (Å²) < 4.78 is 1.07. The highest BCUT2D eigenvalue weighted by atomic mass is 79.9. The quantitative estimate of drug-likeness (QED) is 0.869. The highest BCUT2D eigenvalue weighted by Gasteiger charge is 2.02. The molecule has 0 heterocycles. The minimum Gasteiger partial charge on any atom is -0.481 e. The van der Waals surface area contributed by atoms with Gasteiger partial charge >= 0.3 is 5.97 Å². The molecule has 0 aliphatic heterocycles. The molecule has 0 aromatic heterocycles. The van der Waals surface area contributed by atoms with E-state index in [1.165, 1.54) is 5.56 Å². The number of hydrogen-bond acceptors (Lipinski definition) is 2. The van der Waals surface area contributed by atoms with Crippen molar-refractivity contribution in [3.05, 3.63) is 63.6 Å². The number of aliphatic carboxylic acids is 1. The van der Waals surface area contributed by atoms with E-state index in [-0.39, 0.29) is 6.42 Å². The van der Waals surface area contributed by atoms with Crippen LogP contribution in [0.2, 0.25) is 0 Å². The zero-order chi connectivity index (χ0) is 14.5. The Labute approximate surface area is 126 Å². The third kappa shape index (κ3) is 4.10. The lowest BCUT2D eigenvalue weighted by Crippen LogP contribution is -2.02. The molecule has 2 rings (SSSR count). The van der Waals surface area contributed by atoms with Gasteiger partial charge in [0.2, 0.25) is 0 Å². The Morgan fingerprint density at radius 1 is 1.15 bits per heavy atom. The molecule has 0 amide bonds. The van der Waals surface area contributed by atoms with Gasteiger partial charge in [-0.3, -0.25) is 4.79 Å². The summed E-state index contributed by atoms with van der Waals surface area (Å²) in [5.74, 6) is -0.804. The van der Waals surface area contributed by atoms with Crippen LogP contribution < -0.4 is 5.32 Å². The van der Waals surface area contributed by atoms with Gasteiger partial charge in [-0.1, -0.05) is 40.2 Å². The summed E-state index contributed by atoms with van der Waals surface area (Å²) in [5.41, 5.74) is 4.23. The molecule has 0 saturated heterocycles. The van der Waals surface area contributed by atoms with E-state index in [0.29, 0.717) is 0 Å². The molecule has 0 radical (unpaired) electrons. The Hall–Kier alpha value is -1.81. The molecule has 0 saturated carbocycles. The highest BCUT2D eigenvalue weighted by Crippen LogP contribution is 2.20. The molecule has 2 aromatic carbocycles. The summed E-state index contributed by atoms with van der Waals surface area (Å²) in [7, 11) is 0. The van der Waals surface area contributed by atoms with Crippen molar-refractivity contribution in [1.29, 1.82) is 0 Å². The second-order valence-electron chi connectivity index (χ2n) is 4.70. The number of carbonyl (C=O) groups is 1. The van der Waals surface area contributed by atoms with Crippen molar-refractivity contribution < 1.29 is 9.90 Å². The van der Waals surface area contributed by atoms with Gasteiger partial charge in [-0.15, -0.1) is 0 Å². The van der Waals surface area contributed by atoms with Crippen LogP contribution in [0.3, 0.4) is 0 Å². The first-order chi connectivity index (χ1) is 9.54. The Kier molecular flexibility index (Phi) is 4.79. The molecule has 2 N–H and O–H groups in total. The second-order valence-corrected chi connectivity index (χ2v) is 5.62. The largest absolute Gasteiger partial charge is 0.481 e. The van der Waals surface area contributed by atoms with Crippen LogP contribution in [0.5, 0.6) is 0 Å². The number of anilines is 1. The van der Waals surface area contributed by atoms with Crippen LogP contribution in [0.4, 0.5) is 5.69 Å². The van der Waals surface area contributed by atoms with E-state index in [2.05, 4.69) is 34.2 Å². The van der Waals surface area contributed by atoms with Crippen LogP contribution in [0.1, 0.15) is 16.7 Å². The lowest BCUT2D eigenvalue weighted by Gasteiger charge is -2.10. The first kappa shape index (κ1) is 14.6. The van der Waals surface area contributed by atoms with Gasteiger partial charge in [-0.25, -0.2) is 0 Å². The summed E-state index contributed by atoms with van der Waals surface area (Å²) in [6.45, 7) is 2.78. The lowest BCUT2D eigenvalue weighted by atomic mass is 10.1. The number of hydrogen-bond donors (Lipinski definition) is 2. The molecular weight excluding hydrogens is 318 g/mol. The van der Waals surface area contributed by atoms with Crippen LogP contribution in [0, 0.1) is 6.92 Å². The maximum atomic E-state index is 10.6. The first-order valence-corrected chi connectivity index (χ1v) is 7.13. The number of aryl methyl sites for hydroxylation is 1. The van der Waals surface area contributed by atoms with Gasteiger partial charge in [0.05, 0.1) is 6.42 Å². The number of carboxylic acid groups (broad SMARTS) is 1. The fourth-order valence-electron chi connectivity index (χ4n) is 1.97. The Bertz CT molecular complexity index is 608. The standard InChI is InChI=1S/C16H16BrNO2/c1-11-8-14(17)6-7-15(11)18-10-13-4-2-12(3-5-13)9-16(19)20/h2-8,18H,9-10H2,1H3,(H,19,20). The zero-order valence-electron chi connectivity index (χ0n) is 11.2. The third-order valence-corrected chi connectivity index (χ3v) is 3.54. The zero-order valence-corrected chi connectivity index (χ0v) is 12.8. The van der Waals surface area contributed by atoms with Gasteiger partial charge in [-0.05, 0) is 41.8 Å². The van der Waals surface area contributed by atoms with Crippen molar-refractivity contribution in [2.75, 3.05) is 5.32 Å². The van der Waals surface area contributed by atoms with E-state index in [4.69, 9.17) is 5.11 Å². The molecule has 0 bridgehead atoms. The predicted octanol–water partition coefficient (Wildman–Crippen LogP) is 4.00. The molecule has 2 aromatic rings. The van der Waals surface area contributed by atoms with Gasteiger partial charge in [0, 0.05) is 16.7 Å². The van der Waals surface area contributed by atoms with E-state index >= 15 is 0 Å². The van der Waals surface area contributed by atoms with Crippen molar-refractivity contribution in [1.82, 2.24) is 0 Å². The minimum absolute atomic E-state index is 0.0690. The van der Waals surface area contributed by atoms with Gasteiger partial charge in [-0.2, -0.15) is 0 Å². The number of carboxylic acids is 1. The molecule has 0 aliphatic rings. The SMILES string of the molecule is Cc1cc(Br)ccc1NCc1ccc(CC(=O)O)cc1. The predicted molar refractivity (Wildman–Crippen MR) is 84.0 cm³/mol. The van der Waals surface area contributed by atoms with Gasteiger partial charge in [0.1, 0.15) is 0 Å². The maximum Gasteiger partial charge on any atom is 0.307 e. The molecule has 0 spiro atoms. The molecule has 4 heteroatoms. The fraction of sp³-hybridized carbons (Fsp3) is 0.188. The minimum atomic E-state index is -0.804. The van der Waals surface area contributed by atoms with Gasteiger partial charge in [0.15, 0.2) is 0 Å². The molecule has 0 atom stereocenters. The Morgan fingerprint density at radius 2 is 1.80 bits per heavy atom. The number of halogens is 1. The summed E-state index contributed by atoms with van der Waals surface area (Å²) in [6.07, 6.45) is 0.0690. The fourth-order valence-corrected chi connectivity index (χ4v) is 2.45. The molecule has 0 fully saturated rings. The number of nitrogens with one attached hydrogen (secondary N) is 1. The van der Waals surface area contributed by atoms with Crippen LogP contribution in [-0.2, 0) is 17.8 Å². The molecule has 0 unspecified atom stereocenters. The highest BCUT2D eigenvalue weighted by molar-refractivity contribution is 9.10.